The van der Waals surface area contributed by atoms with Crippen LogP contribution in [0.3, 0.4) is 0 Å². The van der Waals surface area contributed by atoms with Gasteiger partial charge in [0.15, 0.2) is 0 Å². The van der Waals surface area contributed by atoms with Crippen LogP contribution in [0.2, 0.25) is 0 Å². The Bertz CT molecular complexity index is 919. The molecule has 1 fully saturated rings. The van der Waals surface area contributed by atoms with Crippen LogP contribution in [0, 0.1) is 0 Å². The summed E-state index contributed by atoms with van der Waals surface area (Å²) in [5.41, 5.74) is 3.26. The average molecular weight is 425 g/mol. The first kappa shape index (κ1) is 22.5. The van der Waals surface area contributed by atoms with Crippen LogP contribution in [0.1, 0.15) is 31.1 Å². The third-order valence-corrected chi connectivity index (χ3v) is 5.64. The summed E-state index contributed by atoms with van der Waals surface area (Å²) in [7, 11) is 1.69. The van der Waals surface area contributed by atoms with Crippen LogP contribution in [0.5, 0.6) is 5.75 Å². The van der Waals surface area contributed by atoms with Crippen molar-refractivity contribution in [2.75, 3.05) is 61.5 Å². The van der Waals surface area contributed by atoms with E-state index in [2.05, 4.69) is 21.2 Å². The van der Waals surface area contributed by atoms with Crippen molar-refractivity contribution in [1.82, 2.24) is 4.90 Å². The highest BCUT2D eigenvalue weighted by Gasteiger charge is 2.25. The topological polar surface area (TPSA) is 65.1 Å². The van der Waals surface area contributed by atoms with Gasteiger partial charge in [-0.2, -0.15) is 0 Å². The van der Waals surface area contributed by atoms with E-state index < -0.39 is 0 Å². The highest BCUT2D eigenvalue weighted by atomic mass is 16.5. The zero-order chi connectivity index (χ0) is 22.4. The number of carbonyl (C=O) groups excluding carboxylic acids is 2. The van der Waals surface area contributed by atoms with Gasteiger partial charge in [-0.05, 0) is 44.2 Å². The molecular weight excluding hydrogens is 392 g/mol. The van der Waals surface area contributed by atoms with Gasteiger partial charge in [0.05, 0.1) is 18.4 Å². The molecule has 7 heteroatoms. The van der Waals surface area contributed by atoms with Gasteiger partial charge < -0.3 is 24.8 Å². The third kappa shape index (κ3) is 5.10. The molecule has 0 unspecified atom stereocenters. The quantitative estimate of drug-likeness (QED) is 0.737. The maximum atomic E-state index is 13.2. The molecule has 0 radical (unpaired) electrons. The van der Waals surface area contributed by atoms with Gasteiger partial charge in [-0.15, -0.1) is 0 Å². The second-order valence-corrected chi connectivity index (χ2v) is 7.54. The van der Waals surface area contributed by atoms with E-state index in [1.165, 1.54) is 6.92 Å². The number of ether oxygens (including phenoxy) is 1. The van der Waals surface area contributed by atoms with Gasteiger partial charge >= 0.3 is 0 Å². The number of carbonyl (C=O) groups is 2. The molecule has 1 aliphatic heterocycles. The van der Waals surface area contributed by atoms with E-state index in [0.717, 1.165) is 43.3 Å². The van der Waals surface area contributed by atoms with E-state index in [9.17, 15) is 9.59 Å². The molecule has 1 aliphatic rings. The molecule has 0 bridgehead atoms. The fourth-order valence-corrected chi connectivity index (χ4v) is 4.02. The maximum absolute atomic E-state index is 13.2. The molecule has 1 N–H and O–H groups in total. The zero-order valence-corrected chi connectivity index (χ0v) is 18.9. The van der Waals surface area contributed by atoms with E-state index in [1.54, 1.807) is 13.2 Å². The van der Waals surface area contributed by atoms with Crippen LogP contribution < -0.4 is 19.9 Å². The number of para-hydroxylation sites is 2. The number of anilines is 3. The smallest absolute Gasteiger partial charge is 0.256 e. The van der Waals surface area contributed by atoms with E-state index >= 15 is 0 Å². The number of rotatable bonds is 7. The van der Waals surface area contributed by atoms with Gasteiger partial charge in [-0.25, -0.2) is 0 Å². The van der Waals surface area contributed by atoms with Crippen molar-refractivity contribution in [2.24, 2.45) is 0 Å². The Hall–Kier alpha value is -3.22. The molecule has 7 nitrogen and oxygen atoms in total. The van der Waals surface area contributed by atoms with Crippen molar-refractivity contribution in [3.05, 3.63) is 48.0 Å². The molecule has 2 amide bonds. The van der Waals surface area contributed by atoms with Crippen molar-refractivity contribution < 1.29 is 14.3 Å². The summed E-state index contributed by atoms with van der Waals surface area (Å²) in [6.45, 7) is 9.93. The minimum atomic E-state index is -0.153. The lowest BCUT2D eigenvalue weighted by Gasteiger charge is -2.38. The number of nitrogens with zero attached hydrogens (tertiary/aromatic N) is 3. The molecule has 3 rings (SSSR count). The van der Waals surface area contributed by atoms with Gasteiger partial charge in [0.25, 0.3) is 5.91 Å². The van der Waals surface area contributed by atoms with Crippen LogP contribution in [-0.2, 0) is 4.79 Å². The summed E-state index contributed by atoms with van der Waals surface area (Å²) >= 11 is 0. The molecule has 31 heavy (non-hydrogen) atoms. The lowest BCUT2D eigenvalue weighted by molar-refractivity contribution is -0.114. The highest BCUT2D eigenvalue weighted by Crippen LogP contribution is 2.31. The average Bonchev–Trinajstić information content (AvgIpc) is 2.79. The summed E-state index contributed by atoms with van der Waals surface area (Å²) < 4.78 is 5.52. The van der Waals surface area contributed by atoms with Gasteiger partial charge in [0, 0.05) is 57.6 Å². The SMILES string of the molecule is CCN(CC)C(=O)c1cc(NC(C)=O)ccc1N1CCN(c2ccccc2OC)CC1. The highest BCUT2D eigenvalue weighted by molar-refractivity contribution is 6.02. The van der Waals surface area contributed by atoms with Crippen molar-refractivity contribution in [3.8, 4) is 5.75 Å². The van der Waals surface area contributed by atoms with Crippen LogP contribution in [-0.4, -0.2) is 63.1 Å². The van der Waals surface area contributed by atoms with Gasteiger partial charge in [-0.1, -0.05) is 12.1 Å². The largest absolute Gasteiger partial charge is 0.495 e. The van der Waals surface area contributed by atoms with Crippen molar-refractivity contribution in [3.63, 3.8) is 0 Å². The van der Waals surface area contributed by atoms with Gasteiger partial charge in [0.1, 0.15) is 5.75 Å². The van der Waals surface area contributed by atoms with Crippen LogP contribution >= 0.6 is 0 Å². The Morgan fingerprint density at radius 2 is 1.58 bits per heavy atom. The van der Waals surface area contributed by atoms with Crippen molar-refractivity contribution in [2.45, 2.75) is 20.8 Å². The summed E-state index contributed by atoms with van der Waals surface area (Å²) in [5.74, 6) is 0.701. The van der Waals surface area contributed by atoms with E-state index in [1.807, 2.05) is 49.1 Å². The van der Waals surface area contributed by atoms with Gasteiger partial charge in [0.2, 0.25) is 5.91 Å². The lowest BCUT2D eigenvalue weighted by Crippen LogP contribution is -2.47. The maximum Gasteiger partial charge on any atom is 0.256 e. The molecule has 2 aromatic carbocycles. The molecule has 1 heterocycles. The number of hydrogen-bond donors (Lipinski definition) is 1. The first-order valence-corrected chi connectivity index (χ1v) is 10.8. The second-order valence-electron chi connectivity index (χ2n) is 7.54. The van der Waals surface area contributed by atoms with Gasteiger partial charge in [-0.3, -0.25) is 9.59 Å². The monoisotopic (exact) mass is 424 g/mol. The fraction of sp³-hybridized carbons (Fsp3) is 0.417. The standard InChI is InChI=1S/C24H32N4O3/c1-5-26(6-2)24(30)20-17-19(25-18(3)29)11-12-21(20)27-13-15-28(16-14-27)22-9-7-8-10-23(22)31-4/h7-12,17H,5-6,13-16H2,1-4H3,(H,25,29). The molecule has 166 valence electrons. The van der Waals surface area contributed by atoms with Crippen LogP contribution in [0.15, 0.2) is 42.5 Å². The van der Waals surface area contributed by atoms with Crippen LogP contribution in [0.25, 0.3) is 0 Å². The Morgan fingerprint density at radius 3 is 2.16 bits per heavy atom. The molecule has 0 aromatic heterocycles. The molecule has 1 saturated heterocycles. The summed E-state index contributed by atoms with van der Waals surface area (Å²) in [6.07, 6.45) is 0. The molecule has 0 aliphatic carbocycles. The number of nitrogens with one attached hydrogen (secondary N) is 1. The Kier molecular flexibility index (Phi) is 7.39. The number of piperazine rings is 1. The molecule has 0 saturated carbocycles. The Morgan fingerprint density at radius 1 is 0.968 bits per heavy atom. The fourth-order valence-electron chi connectivity index (χ4n) is 4.02. The zero-order valence-electron chi connectivity index (χ0n) is 18.9. The minimum Gasteiger partial charge on any atom is -0.495 e. The Labute approximate surface area is 184 Å². The van der Waals surface area contributed by atoms with E-state index in [-0.39, 0.29) is 11.8 Å². The van der Waals surface area contributed by atoms with E-state index in [4.69, 9.17) is 4.74 Å². The van der Waals surface area contributed by atoms with Crippen molar-refractivity contribution >= 4 is 28.9 Å². The molecule has 0 spiro atoms. The van der Waals surface area contributed by atoms with Crippen molar-refractivity contribution in [1.29, 1.82) is 0 Å². The van der Waals surface area contributed by atoms with Crippen LogP contribution in [0.4, 0.5) is 17.1 Å². The number of hydrogen-bond acceptors (Lipinski definition) is 5. The Balaban J connectivity index is 1.85. The predicted octanol–water partition coefficient (Wildman–Crippen LogP) is 3.46. The third-order valence-electron chi connectivity index (χ3n) is 5.64. The summed E-state index contributed by atoms with van der Waals surface area (Å²) in [4.78, 5) is 31.1. The number of benzene rings is 2. The predicted molar refractivity (Wildman–Crippen MR) is 125 cm³/mol. The lowest BCUT2D eigenvalue weighted by atomic mass is 10.1. The number of amides is 2. The molecular formula is C24H32N4O3. The summed E-state index contributed by atoms with van der Waals surface area (Å²) in [6, 6.07) is 13.6. The first-order valence-electron chi connectivity index (χ1n) is 10.8. The number of methoxy groups -OCH3 is 1. The normalized spacial score (nSPS) is 13.7. The minimum absolute atomic E-state index is 0.0145. The first-order chi connectivity index (χ1) is 15.0. The summed E-state index contributed by atoms with van der Waals surface area (Å²) in [5, 5.41) is 2.80. The molecule has 2 aromatic rings. The molecule has 0 atom stereocenters. The van der Waals surface area contributed by atoms with E-state index in [0.29, 0.717) is 24.3 Å². The second kappa shape index (κ2) is 10.2.